The molecule has 1 aliphatic heterocycles. The summed E-state index contributed by atoms with van der Waals surface area (Å²) >= 11 is 7.88. The lowest BCUT2D eigenvalue weighted by Gasteiger charge is -2.34. The van der Waals surface area contributed by atoms with Crippen LogP contribution in [-0.2, 0) is 0 Å². The van der Waals surface area contributed by atoms with Crippen molar-refractivity contribution in [2.45, 2.75) is 24.3 Å². The van der Waals surface area contributed by atoms with Crippen LogP contribution in [0, 0.1) is 0 Å². The summed E-state index contributed by atoms with van der Waals surface area (Å²) in [6.45, 7) is 5.87. The molecule has 98 valence electrons. The van der Waals surface area contributed by atoms with Gasteiger partial charge in [0.05, 0.1) is 10.7 Å². The first kappa shape index (κ1) is 13.6. The number of nitrogens with two attached hydrogens (primary N) is 1. The standard InChI is InChI=1S/C13H17ClN2OS/c1-8-6-16(7-9(2)18-8)13(17)10-3-4-12(15)11(14)5-10/h3-5,8-9H,6-7,15H2,1-2H3. The molecular formula is C13H17ClN2OS. The Balaban J connectivity index is 2.17. The van der Waals surface area contributed by atoms with E-state index in [4.69, 9.17) is 17.3 Å². The van der Waals surface area contributed by atoms with Gasteiger partial charge in [0.1, 0.15) is 0 Å². The van der Waals surface area contributed by atoms with Crippen molar-refractivity contribution in [2.24, 2.45) is 0 Å². The van der Waals surface area contributed by atoms with Crippen LogP contribution in [0.4, 0.5) is 5.69 Å². The van der Waals surface area contributed by atoms with Crippen LogP contribution in [0.3, 0.4) is 0 Å². The number of hydrogen-bond acceptors (Lipinski definition) is 3. The molecule has 2 unspecified atom stereocenters. The number of halogens is 1. The maximum Gasteiger partial charge on any atom is 0.253 e. The molecule has 2 atom stereocenters. The van der Waals surface area contributed by atoms with E-state index in [-0.39, 0.29) is 5.91 Å². The normalized spacial score (nSPS) is 24.1. The van der Waals surface area contributed by atoms with E-state index in [1.54, 1.807) is 18.2 Å². The average molecular weight is 285 g/mol. The Morgan fingerprint density at radius 1 is 1.39 bits per heavy atom. The maximum absolute atomic E-state index is 12.4. The molecule has 2 rings (SSSR count). The minimum atomic E-state index is 0.0379. The lowest BCUT2D eigenvalue weighted by atomic mass is 10.1. The molecule has 1 aromatic rings. The van der Waals surface area contributed by atoms with Crippen LogP contribution >= 0.6 is 23.4 Å². The van der Waals surface area contributed by atoms with Gasteiger partial charge in [0, 0.05) is 29.2 Å². The van der Waals surface area contributed by atoms with Crippen LogP contribution in [0.1, 0.15) is 24.2 Å². The van der Waals surface area contributed by atoms with E-state index in [1.165, 1.54) is 0 Å². The van der Waals surface area contributed by atoms with E-state index in [0.717, 1.165) is 13.1 Å². The van der Waals surface area contributed by atoms with Crippen LogP contribution in [0.25, 0.3) is 0 Å². The van der Waals surface area contributed by atoms with Crippen LogP contribution in [0.15, 0.2) is 18.2 Å². The Morgan fingerprint density at radius 2 is 2.00 bits per heavy atom. The largest absolute Gasteiger partial charge is 0.398 e. The lowest BCUT2D eigenvalue weighted by Crippen LogP contribution is -2.44. The molecule has 1 aromatic carbocycles. The summed E-state index contributed by atoms with van der Waals surface area (Å²) in [6, 6.07) is 5.07. The molecule has 3 nitrogen and oxygen atoms in total. The summed E-state index contributed by atoms with van der Waals surface area (Å²) < 4.78 is 0. The first-order chi connectivity index (χ1) is 8.47. The zero-order chi connectivity index (χ0) is 13.3. The van der Waals surface area contributed by atoms with Crippen molar-refractivity contribution in [2.75, 3.05) is 18.8 Å². The number of carbonyl (C=O) groups is 1. The average Bonchev–Trinajstić information content (AvgIpc) is 2.30. The highest BCUT2D eigenvalue weighted by Crippen LogP contribution is 2.27. The zero-order valence-electron chi connectivity index (χ0n) is 10.5. The number of hydrogen-bond donors (Lipinski definition) is 1. The quantitative estimate of drug-likeness (QED) is 0.807. The number of nitrogen functional groups attached to an aromatic ring is 1. The van der Waals surface area contributed by atoms with Gasteiger partial charge < -0.3 is 10.6 Å². The Bertz CT molecular complexity index is 456. The third-order valence-electron chi connectivity index (χ3n) is 2.95. The molecule has 1 heterocycles. The molecule has 0 bridgehead atoms. The van der Waals surface area contributed by atoms with Gasteiger partial charge in [0.2, 0.25) is 0 Å². The molecule has 0 saturated carbocycles. The molecule has 0 radical (unpaired) electrons. The summed E-state index contributed by atoms with van der Waals surface area (Å²) in [5.41, 5.74) is 6.77. The number of nitrogens with zero attached hydrogens (tertiary/aromatic N) is 1. The SMILES string of the molecule is CC1CN(C(=O)c2ccc(N)c(Cl)c2)CC(C)S1. The van der Waals surface area contributed by atoms with E-state index < -0.39 is 0 Å². The van der Waals surface area contributed by atoms with Crippen molar-refractivity contribution >= 4 is 35.0 Å². The van der Waals surface area contributed by atoms with Gasteiger partial charge in [-0.05, 0) is 18.2 Å². The molecular weight excluding hydrogens is 268 g/mol. The van der Waals surface area contributed by atoms with E-state index in [1.807, 2.05) is 16.7 Å². The number of thioether (sulfide) groups is 1. The van der Waals surface area contributed by atoms with E-state index in [2.05, 4.69) is 13.8 Å². The highest BCUT2D eigenvalue weighted by atomic mass is 35.5. The first-order valence-corrected chi connectivity index (χ1v) is 7.29. The van der Waals surface area contributed by atoms with Crippen LogP contribution in [-0.4, -0.2) is 34.4 Å². The van der Waals surface area contributed by atoms with Crippen molar-refractivity contribution in [3.63, 3.8) is 0 Å². The molecule has 1 aliphatic rings. The number of rotatable bonds is 1. The monoisotopic (exact) mass is 284 g/mol. The molecule has 5 heteroatoms. The van der Waals surface area contributed by atoms with Crippen molar-refractivity contribution in [1.82, 2.24) is 4.90 Å². The van der Waals surface area contributed by atoms with Gasteiger partial charge in [0.15, 0.2) is 0 Å². The third kappa shape index (κ3) is 2.93. The molecule has 0 aliphatic carbocycles. The highest BCUT2D eigenvalue weighted by molar-refractivity contribution is 8.00. The number of benzene rings is 1. The van der Waals surface area contributed by atoms with Crippen LogP contribution < -0.4 is 5.73 Å². The van der Waals surface area contributed by atoms with E-state index in [0.29, 0.717) is 26.8 Å². The second-order valence-corrected chi connectivity index (χ2v) is 6.99. The lowest BCUT2D eigenvalue weighted by molar-refractivity contribution is 0.0753. The number of anilines is 1. The zero-order valence-corrected chi connectivity index (χ0v) is 12.1. The molecule has 0 aromatic heterocycles. The molecule has 2 N–H and O–H groups in total. The summed E-state index contributed by atoms with van der Waals surface area (Å²) in [4.78, 5) is 14.3. The minimum absolute atomic E-state index is 0.0379. The van der Waals surface area contributed by atoms with Crippen LogP contribution in [0.2, 0.25) is 5.02 Å². The van der Waals surface area contributed by atoms with Crippen molar-refractivity contribution in [1.29, 1.82) is 0 Å². The van der Waals surface area contributed by atoms with Crippen LogP contribution in [0.5, 0.6) is 0 Å². The van der Waals surface area contributed by atoms with Crippen molar-refractivity contribution in [3.8, 4) is 0 Å². The fraction of sp³-hybridized carbons (Fsp3) is 0.462. The van der Waals surface area contributed by atoms with Gasteiger partial charge in [-0.25, -0.2) is 0 Å². The summed E-state index contributed by atoms with van der Waals surface area (Å²) in [5, 5.41) is 1.39. The molecule has 1 amide bonds. The molecule has 1 saturated heterocycles. The Labute approximate surface area is 117 Å². The molecule has 0 spiro atoms. The molecule has 18 heavy (non-hydrogen) atoms. The van der Waals surface area contributed by atoms with Gasteiger partial charge >= 0.3 is 0 Å². The number of carbonyl (C=O) groups excluding carboxylic acids is 1. The Hall–Kier alpha value is -0.870. The topological polar surface area (TPSA) is 46.3 Å². The predicted octanol–water partition coefficient (Wildman–Crippen LogP) is 2.89. The smallest absolute Gasteiger partial charge is 0.253 e. The minimum Gasteiger partial charge on any atom is -0.398 e. The predicted molar refractivity (Wildman–Crippen MR) is 78.3 cm³/mol. The summed E-state index contributed by atoms with van der Waals surface area (Å²) in [5.74, 6) is 0.0379. The molecule has 1 fully saturated rings. The number of amides is 1. The van der Waals surface area contributed by atoms with Gasteiger partial charge in [-0.1, -0.05) is 25.4 Å². The van der Waals surface area contributed by atoms with Gasteiger partial charge in [-0.15, -0.1) is 0 Å². The van der Waals surface area contributed by atoms with E-state index >= 15 is 0 Å². The highest BCUT2D eigenvalue weighted by Gasteiger charge is 2.26. The first-order valence-electron chi connectivity index (χ1n) is 5.97. The van der Waals surface area contributed by atoms with Crippen molar-refractivity contribution in [3.05, 3.63) is 28.8 Å². The van der Waals surface area contributed by atoms with Gasteiger partial charge in [-0.3, -0.25) is 4.79 Å². The second kappa shape index (κ2) is 5.41. The second-order valence-electron chi connectivity index (χ2n) is 4.70. The van der Waals surface area contributed by atoms with E-state index in [9.17, 15) is 4.79 Å². The maximum atomic E-state index is 12.4. The Morgan fingerprint density at radius 3 is 2.56 bits per heavy atom. The van der Waals surface area contributed by atoms with Crippen molar-refractivity contribution < 1.29 is 4.79 Å². The summed E-state index contributed by atoms with van der Waals surface area (Å²) in [7, 11) is 0. The van der Waals surface area contributed by atoms with Gasteiger partial charge in [-0.2, -0.15) is 11.8 Å². The summed E-state index contributed by atoms with van der Waals surface area (Å²) in [6.07, 6.45) is 0. The fourth-order valence-electron chi connectivity index (χ4n) is 2.19. The third-order valence-corrected chi connectivity index (χ3v) is 4.51. The van der Waals surface area contributed by atoms with Gasteiger partial charge in [0.25, 0.3) is 5.91 Å². The Kier molecular flexibility index (Phi) is 4.07. The fourth-order valence-corrected chi connectivity index (χ4v) is 3.69.